The number of carbonyl (C=O) groups excluding carboxylic acids is 3. The van der Waals surface area contributed by atoms with Crippen LogP contribution in [-0.4, -0.2) is 43.0 Å². The summed E-state index contributed by atoms with van der Waals surface area (Å²) in [6, 6.07) is 4.80. The molecule has 1 fully saturated rings. The van der Waals surface area contributed by atoms with E-state index in [1.807, 2.05) is 0 Å². The quantitative estimate of drug-likeness (QED) is 0.381. The Kier molecular flexibility index (Phi) is 4.09. The molecule has 1 N–H and O–H groups in total. The molecule has 2 atom stereocenters. The van der Waals surface area contributed by atoms with Crippen LogP contribution in [0.4, 0.5) is 10.5 Å². The number of azide groups is 1. The van der Waals surface area contributed by atoms with Gasteiger partial charge in [-0.25, -0.2) is 4.79 Å². The number of fused-ring (bicyclic) bond motifs is 3. The average Bonchev–Trinajstić information content (AvgIpc) is 3.07. The summed E-state index contributed by atoms with van der Waals surface area (Å²) < 4.78 is 5.32. The van der Waals surface area contributed by atoms with E-state index in [0.717, 1.165) is 5.56 Å². The molecule has 0 radical (unpaired) electrons. The molecule has 0 unspecified atom stereocenters. The van der Waals surface area contributed by atoms with Gasteiger partial charge in [-0.1, -0.05) is 5.11 Å². The minimum absolute atomic E-state index is 0.189. The van der Waals surface area contributed by atoms with Gasteiger partial charge in [0, 0.05) is 17.4 Å². The van der Waals surface area contributed by atoms with E-state index < -0.39 is 12.2 Å². The number of cyclic esters (lactones) is 1. The lowest BCUT2D eigenvalue weighted by Gasteiger charge is -2.16. The number of Topliss-reactive ketones (excluding diaryl/α,β-unsaturated/α-hetero) is 1. The smallest absolute Gasteiger partial charge is 0.415 e. The van der Waals surface area contributed by atoms with Crippen LogP contribution < -0.4 is 10.2 Å². The normalized spacial score (nSPS) is 20.7. The molecule has 2 aliphatic rings. The topological polar surface area (TPSA) is 124 Å². The zero-order valence-electron chi connectivity index (χ0n) is 12.9. The van der Waals surface area contributed by atoms with Gasteiger partial charge in [0.2, 0.25) is 5.91 Å². The summed E-state index contributed by atoms with van der Waals surface area (Å²) in [7, 11) is 0. The maximum atomic E-state index is 12.1. The molecule has 3 rings (SSSR count). The van der Waals surface area contributed by atoms with E-state index in [2.05, 4.69) is 15.3 Å². The summed E-state index contributed by atoms with van der Waals surface area (Å²) in [6.45, 7) is 1.41. The fraction of sp³-hybridized carbons (Fsp3) is 0.400. The molecule has 1 aromatic rings. The summed E-state index contributed by atoms with van der Waals surface area (Å²) >= 11 is 0. The highest BCUT2D eigenvalue weighted by atomic mass is 16.6. The van der Waals surface area contributed by atoms with Crippen LogP contribution in [0.15, 0.2) is 23.3 Å². The van der Waals surface area contributed by atoms with Crippen LogP contribution in [0.1, 0.15) is 22.8 Å². The van der Waals surface area contributed by atoms with Crippen LogP contribution in [-0.2, 0) is 16.0 Å². The molecule has 2 aliphatic heterocycles. The molecule has 1 saturated heterocycles. The van der Waals surface area contributed by atoms with Crippen LogP contribution >= 0.6 is 0 Å². The number of amides is 2. The fourth-order valence-electron chi connectivity index (χ4n) is 3.06. The van der Waals surface area contributed by atoms with Gasteiger partial charge in [-0.3, -0.25) is 14.5 Å². The summed E-state index contributed by atoms with van der Waals surface area (Å²) in [6.07, 6.45) is -0.355. The van der Waals surface area contributed by atoms with Crippen molar-refractivity contribution in [2.45, 2.75) is 25.5 Å². The largest absolute Gasteiger partial charge is 0.442 e. The van der Waals surface area contributed by atoms with E-state index in [1.165, 1.54) is 6.92 Å². The van der Waals surface area contributed by atoms with E-state index in [9.17, 15) is 14.4 Å². The number of anilines is 1. The first-order valence-corrected chi connectivity index (χ1v) is 7.42. The third-order valence-corrected chi connectivity index (χ3v) is 4.13. The Hall–Kier alpha value is -3.06. The van der Waals surface area contributed by atoms with Crippen molar-refractivity contribution >= 4 is 23.5 Å². The zero-order valence-corrected chi connectivity index (χ0v) is 12.9. The Bertz CT molecular complexity index is 771. The summed E-state index contributed by atoms with van der Waals surface area (Å²) in [5.74, 6) is -0.467. The maximum Gasteiger partial charge on any atom is 0.415 e. The number of carbonyl (C=O) groups is 3. The first kappa shape index (κ1) is 15.8. The van der Waals surface area contributed by atoms with Gasteiger partial charge in [0.25, 0.3) is 0 Å². The molecular formula is C15H15N5O4. The number of ketones is 1. The molecule has 0 aromatic heterocycles. The number of rotatable bonds is 5. The number of nitrogens with zero attached hydrogens (tertiary/aromatic N) is 4. The van der Waals surface area contributed by atoms with Crippen molar-refractivity contribution in [2.24, 2.45) is 5.11 Å². The molecule has 2 amide bonds. The summed E-state index contributed by atoms with van der Waals surface area (Å²) in [5.41, 5.74) is 10.3. The van der Waals surface area contributed by atoms with E-state index >= 15 is 0 Å². The Morgan fingerprint density at radius 3 is 3.00 bits per heavy atom. The van der Waals surface area contributed by atoms with E-state index in [4.69, 9.17) is 10.3 Å². The summed E-state index contributed by atoms with van der Waals surface area (Å²) in [4.78, 5) is 39.2. The maximum absolute atomic E-state index is 12.1. The van der Waals surface area contributed by atoms with Gasteiger partial charge >= 0.3 is 6.09 Å². The molecule has 1 aromatic carbocycles. The Morgan fingerprint density at radius 2 is 2.29 bits per heavy atom. The van der Waals surface area contributed by atoms with Crippen molar-refractivity contribution in [1.29, 1.82) is 0 Å². The van der Waals surface area contributed by atoms with Crippen molar-refractivity contribution in [1.82, 2.24) is 5.32 Å². The van der Waals surface area contributed by atoms with Crippen LogP contribution in [0.3, 0.4) is 0 Å². The third-order valence-electron chi connectivity index (χ3n) is 4.13. The molecule has 124 valence electrons. The van der Waals surface area contributed by atoms with Gasteiger partial charge in [-0.05, 0) is 35.7 Å². The van der Waals surface area contributed by atoms with Gasteiger partial charge in [0.1, 0.15) is 6.10 Å². The number of nitrogens with one attached hydrogen (secondary N) is 1. The van der Waals surface area contributed by atoms with Crippen molar-refractivity contribution in [3.05, 3.63) is 39.8 Å². The molecular weight excluding hydrogens is 314 g/mol. The fourth-order valence-corrected chi connectivity index (χ4v) is 3.06. The first-order chi connectivity index (χ1) is 11.5. The highest BCUT2D eigenvalue weighted by Gasteiger charge is 2.47. The summed E-state index contributed by atoms with van der Waals surface area (Å²) in [5, 5.41) is 5.93. The molecule has 24 heavy (non-hydrogen) atoms. The minimum atomic E-state index is -0.456. The van der Waals surface area contributed by atoms with Gasteiger partial charge in [0.15, 0.2) is 5.78 Å². The molecule has 2 heterocycles. The predicted molar refractivity (Wildman–Crippen MR) is 83.7 cm³/mol. The van der Waals surface area contributed by atoms with E-state index in [-0.39, 0.29) is 30.8 Å². The van der Waals surface area contributed by atoms with Crippen molar-refractivity contribution < 1.29 is 19.1 Å². The Labute approximate surface area is 137 Å². The Morgan fingerprint density at radius 1 is 1.50 bits per heavy atom. The molecule has 0 saturated carbocycles. The highest BCUT2D eigenvalue weighted by molar-refractivity contribution is 6.00. The molecule has 0 aliphatic carbocycles. The number of hydrogen-bond donors (Lipinski definition) is 1. The van der Waals surface area contributed by atoms with Crippen LogP contribution in [0, 0.1) is 0 Å². The predicted octanol–water partition coefficient (Wildman–Crippen LogP) is 1.57. The van der Waals surface area contributed by atoms with Crippen molar-refractivity contribution in [3.8, 4) is 0 Å². The second-order valence-corrected chi connectivity index (χ2v) is 5.66. The molecule has 0 bridgehead atoms. The highest BCUT2D eigenvalue weighted by Crippen LogP contribution is 2.39. The number of ether oxygens (including phenoxy) is 1. The van der Waals surface area contributed by atoms with Gasteiger partial charge < -0.3 is 10.1 Å². The van der Waals surface area contributed by atoms with E-state index in [0.29, 0.717) is 17.7 Å². The van der Waals surface area contributed by atoms with Crippen LogP contribution in [0.5, 0.6) is 0 Å². The third kappa shape index (κ3) is 2.77. The number of benzene rings is 1. The molecule has 9 nitrogen and oxygen atoms in total. The lowest BCUT2D eigenvalue weighted by atomic mass is 10.0. The average molecular weight is 329 g/mol. The lowest BCUT2D eigenvalue weighted by molar-refractivity contribution is -0.119. The molecule has 9 heteroatoms. The second-order valence-electron chi connectivity index (χ2n) is 5.66. The Balaban J connectivity index is 1.81. The molecule has 0 spiro atoms. The lowest BCUT2D eigenvalue weighted by Crippen LogP contribution is -2.40. The van der Waals surface area contributed by atoms with Gasteiger partial charge in [0.05, 0.1) is 24.8 Å². The second kappa shape index (κ2) is 6.21. The van der Waals surface area contributed by atoms with E-state index in [1.54, 1.807) is 23.1 Å². The van der Waals surface area contributed by atoms with Gasteiger partial charge in [-0.15, -0.1) is 0 Å². The van der Waals surface area contributed by atoms with Crippen molar-refractivity contribution in [3.63, 3.8) is 0 Å². The first-order valence-electron chi connectivity index (χ1n) is 7.42. The monoisotopic (exact) mass is 329 g/mol. The van der Waals surface area contributed by atoms with Crippen LogP contribution in [0.25, 0.3) is 10.4 Å². The zero-order chi connectivity index (χ0) is 17.3. The van der Waals surface area contributed by atoms with Crippen LogP contribution in [0.2, 0.25) is 0 Å². The standard InChI is InChI=1S/C15H15N5O4/c1-8(21)17-7-14-12-5-10-4-9(13(22)6-18-19-16)2-3-11(10)20(12)15(23)24-14/h2-4,12,14H,5-7H2,1H3,(H,17,21)/t12-,14-/m0/s1. The van der Waals surface area contributed by atoms with Gasteiger partial charge in [-0.2, -0.15) is 0 Å². The minimum Gasteiger partial charge on any atom is -0.442 e. The SMILES string of the molecule is CC(=O)NC[C@@H]1OC(=O)N2c3ccc(C(=O)CN=[N+]=[N-])cc3C[C@@H]12. The number of hydrogen-bond acceptors (Lipinski definition) is 5. The van der Waals surface area contributed by atoms with Crippen molar-refractivity contribution in [2.75, 3.05) is 18.0 Å².